The highest BCUT2D eigenvalue weighted by atomic mass is 16.5. The predicted molar refractivity (Wildman–Crippen MR) is 93.3 cm³/mol. The van der Waals surface area contributed by atoms with E-state index in [0.29, 0.717) is 18.4 Å². The maximum atomic E-state index is 11.4. The molecule has 2 aliphatic rings. The van der Waals surface area contributed by atoms with Crippen molar-refractivity contribution >= 4 is 11.9 Å². The second-order valence-electron chi connectivity index (χ2n) is 7.25. The monoisotopic (exact) mass is 334 g/mol. The van der Waals surface area contributed by atoms with E-state index >= 15 is 0 Å². The van der Waals surface area contributed by atoms with Crippen LogP contribution in [0.5, 0.6) is 0 Å². The Balaban J connectivity index is 2.01. The lowest BCUT2D eigenvalue weighted by Crippen LogP contribution is -2.41. The van der Waals surface area contributed by atoms with Gasteiger partial charge in [-0.15, -0.1) is 0 Å². The van der Waals surface area contributed by atoms with Gasteiger partial charge < -0.3 is 9.47 Å². The minimum Gasteiger partial charge on any atom is -0.463 e. The third-order valence-electron chi connectivity index (χ3n) is 5.58. The Kier molecular flexibility index (Phi) is 6.25. The molecule has 1 saturated carbocycles. The van der Waals surface area contributed by atoms with E-state index in [-0.39, 0.29) is 23.5 Å². The zero-order valence-electron chi connectivity index (χ0n) is 15.3. The van der Waals surface area contributed by atoms with Crippen molar-refractivity contribution in [3.63, 3.8) is 0 Å². The summed E-state index contributed by atoms with van der Waals surface area (Å²) in [5.41, 5.74) is 1.56. The summed E-state index contributed by atoms with van der Waals surface area (Å²) in [4.78, 5) is 22.8. The van der Waals surface area contributed by atoms with Gasteiger partial charge in [0.1, 0.15) is 6.10 Å². The molecule has 0 aromatic heterocycles. The van der Waals surface area contributed by atoms with Gasteiger partial charge in [0.15, 0.2) is 0 Å². The van der Waals surface area contributed by atoms with E-state index in [9.17, 15) is 9.59 Å². The Morgan fingerprint density at radius 2 is 2.21 bits per heavy atom. The van der Waals surface area contributed by atoms with Crippen LogP contribution >= 0.6 is 0 Å². The summed E-state index contributed by atoms with van der Waals surface area (Å²) in [7, 11) is 0. The van der Waals surface area contributed by atoms with E-state index in [1.54, 1.807) is 6.92 Å². The molecule has 0 amide bonds. The summed E-state index contributed by atoms with van der Waals surface area (Å²) < 4.78 is 10.5. The van der Waals surface area contributed by atoms with Crippen LogP contribution in [0.2, 0.25) is 0 Å². The Morgan fingerprint density at radius 1 is 1.46 bits per heavy atom. The first-order chi connectivity index (χ1) is 11.4. The molecule has 0 aliphatic heterocycles. The van der Waals surface area contributed by atoms with Gasteiger partial charge in [-0.1, -0.05) is 31.6 Å². The normalized spacial score (nSPS) is 30.6. The van der Waals surface area contributed by atoms with Gasteiger partial charge in [-0.05, 0) is 50.4 Å². The number of fused-ring (bicyclic) bond motifs is 1. The summed E-state index contributed by atoms with van der Waals surface area (Å²) in [5.74, 6) is 0.313. The van der Waals surface area contributed by atoms with Crippen LogP contribution in [0.1, 0.15) is 59.8 Å². The molecular formula is C20H30O4. The Morgan fingerprint density at radius 3 is 2.88 bits per heavy atom. The van der Waals surface area contributed by atoms with Crippen LogP contribution in [0.15, 0.2) is 23.8 Å². The second kappa shape index (κ2) is 8.00. The van der Waals surface area contributed by atoms with Gasteiger partial charge in [0.2, 0.25) is 0 Å². The SMILES string of the molecule is CCOC(=O)/C=C/CC(C)C1=CCC2C(OC(C)=O)CCCC12C. The molecule has 134 valence electrons. The Bertz CT molecular complexity index is 534. The molecule has 0 aromatic rings. The molecule has 0 N–H and O–H groups in total. The van der Waals surface area contributed by atoms with Gasteiger partial charge in [-0.25, -0.2) is 4.79 Å². The maximum Gasteiger partial charge on any atom is 0.330 e. The van der Waals surface area contributed by atoms with Gasteiger partial charge in [-0.3, -0.25) is 4.79 Å². The molecule has 4 unspecified atom stereocenters. The third kappa shape index (κ3) is 4.08. The molecule has 2 rings (SSSR count). The Hall–Kier alpha value is -1.58. The lowest BCUT2D eigenvalue weighted by molar-refractivity contribution is -0.153. The number of esters is 2. The molecule has 0 heterocycles. The Labute approximate surface area is 145 Å². The minimum absolute atomic E-state index is 0.0391. The summed E-state index contributed by atoms with van der Waals surface area (Å²) in [6.07, 6.45) is 10.8. The van der Waals surface area contributed by atoms with Crippen molar-refractivity contribution in [1.82, 2.24) is 0 Å². The molecule has 4 heteroatoms. The summed E-state index contributed by atoms with van der Waals surface area (Å²) in [6, 6.07) is 0. The van der Waals surface area contributed by atoms with E-state index in [1.165, 1.54) is 18.6 Å². The number of rotatable bonds is 6. The van der Waals surface area contributed by atoms with Crippen molar-refractivity contribution < 1.29 is 19.1 Å². The van der Waals surface area contributed by atoms with E-state index < -0.39 is 0 Å². The van der Waals surface area contributed by atoms with Crippen LogP contribution < -0.4 is 0 Å². The highest BCUT2D eigenvalue weighted by Gasteiger charge is 2.49. The summed E-state index contributed by atoms with van der Waals surface area (Å²) >= 11 is 0. The van der Waals surface area contributed by atoms with E-state index in [0.717, 1.165) is 32.1 Å². The molecule has 0 spiro atoms. The van der Waals surface area contributed by atoms with Gasteiger partial charge in [0, 0.05) is 18.9 Å². The van der Waals surface area contributed by atoms with Crippen molar-refractivity contribution in [2.45, 2.75) is 65.9 Å². The van der Waals surface area contributed by atoms with Crippen LogP contribution in [-0.2, 0) is 19.1 Å². The fourth-order valence-electron chi connectivity index (χ4n) is 4.53. The molecule has 0 bridgehead atoms. The van der Waals surface area contributed by atoms with Gasteiger partial charge in [0.25, 0.3) is 0 Å². The molecule has 2 aliphatic carbocycles. The molecule has 1 fully saturated rings. The lowest BCUT2D eigenvalue weighted by Gasteiger charge is -2.44. The van der Waals surface area contributed by atoms with Crippen LogP contribution in [0.3, 0.4) is 0 Å². The smallest absolute Gasteiger partial charge is 0.330 e. The average Bonchev–Trinajstić information content (AvgIpc) is 2.85. The van der Waals surface area contributed by atoms with Crippen molar-refractivity contribution in [3.05, 3.63) is 23.8 Å². The molecule has 0 radical (unpaired) electrons. The number of carbonyl (C=O) groups excluding carboxylic acids is 2. The summed E-state index contributed by atoms with van der Waals surface area (Å²) in [5, 5.41) is 0. The molecule has 0 aromatic carbocycles. The van der Waals surface area contributed by atoms with Crippen molar-refractivity contribution in [2.75, 3.05) is 6.61 Å². The first-order valence-corrected chi connectivity index (χ1v) is 9.09. The van der Waals surface area contributed by atoms with E-state index in [4.69, 9.17) is 9.47 Å². The quantitative estimate of drug-likeness (QED) is 0.415. The number of carbonyl (C=O) groups is 2. The zero-order valence-corrected chi connectivity index (χ0v) is 15.3. The minimum atomic E-state index is -0.276. The number of ether oxygens (including phenoxy) is 2. The maximum absolute atomic E-state index is 11.4. The van der Waals surface area contributed by atoms with Crippen LogP contribution in [0.4, 0.5) is 0 Å². The average molecular weight is 334 g/mol. The topological polar surface area (TPSA) is 52.6 Å². The number of hydrogen-bond acceptors (Lipinski definition) is 4. The number of allylic oxidation sites excluding steroid dienone is 3. The van der Waals surface area contributed by atoms with Crippen molar-refractivity contribution in [2.24, 2.45) is 17.3 Å². The van der Waals surface area contributed by atoms with Crippen LogP contribution in [0.25, 0.3) is 0 Å². The van der Waals surface area contributed by atoms with Crippen molar-refractivity contribution in [3.8, 4) is 0 Å². The van der Waals surface area contributed by atoms with E-state index in [2.05, 4.69) is 19.9 Å². The molecular weight excluding hydrogens is 304 g/mol. The predicted octanol–water partition coefficient (Wildman–Crippen LogP) is 4.20. The van der Waals surface area contributed by atoms with Gasteiger partial charge in [-0.2, -0.15) is 0 Å². The van der Waals surface area contributed by atoms with Gasteiger partial charge in [0.05, 0.1) is 6.61 Å². The lowest BCUT2D eigenvalue weighted by atomic mass is 9.63. The highest BCUT2D eigenvalue weighted by molar-refractivity contribution is 5.81. The fourth-order valence-corrected chi connectivity index (χ4v) is 4.53. The first-order valence-electron chi connectivity index (χ1n) is 9.09. The second-order valence-corrected chi connectivity index (χ2v) is 7.25. The standard InChI is InChI=1S/C20H30O4/c1-5-23-19(22)10-6-8-14(2)16-11-12-17-18(24-15(3)21)9-7-13-20(16,17)4/h6,10-11,14,17-18H,5,7-9,12-13H2,1-4H3/b10-6+. The zero-order chi connectivity index (χ0) is 17.7. The number of hydrogen-bond donors (Lipinski definition) is 0. The van der Waals surface area contributed by atoms with Crippen LogP contribution in [-0.4, -0.2) is 24.6 Å². The third-order valence-corrected chi connectivity index (χ3v) is 5.58. The van der Waals surface area contributed by atoms with E-state index in [1.807, 2.05) is 6.08 Å². The first kappa shape index (κ1) is 18.8. The van der Waals surface area contributed by atoms with Crippen LogP contribution in [0, 0.1) is 17.3 Å². The fraction of sp³-hybridized carbons (Fsp3) is 0.700. The highest BCUT2D eigenvalue weighted by Crippen LogP contribution is 2.55. The molecule has 24 heavy (non-hydrogen) atoms. The largest absolute Gasteiger partial charge is 0.463 e. The van der Waals surface area contributed by atoms with Gasteiger partial charge >= 0.3 is 11.9 Å². The molecule has 4 nitrogen and oxygen atoms in total. The summed E-state index contributed by atoms with van der Waals surface area (Å²) in [6.45, 7) is 8.24. The molecule has 4 atom stereocenters. The van der Waals surface area contributed by atoms with Crippen molar-refractivity contribution in [1.29, 1.82) is 0 Å². The molecule has 0 saturated heterocycles.